The van der Waals surface area contributed by atoms with E-state index in [1.165, 1.54) is 0 Å². The molecule has 0 fully saturated rings. The molecule has 0 amide bonds. The number of nitrogens with zero attached hydrogens (tertiary/aromatic N) is 2. The SMILES string of the molecule is CC(C)C(O)(c1ccc(Br)cc1)c1cn(C(c2ccccc2)(c2ccccc2)c2ccccc2)cn1. The van der Waals surface area contributed by atoms with E-state index in [-0.39, 0.29) is 5.92 Å². The van der Waals surface area contributed by atoms with Gasteiger partial charge in [0.15, 0.2) is 0 Å². The summed E-state index contributed by atoms with van der Waals surface area (Å²) in [6, 6.07) is 39.3. The van der Waals surface area contributed by atoms with Crippen molar-refractivity contribution in [3.05, 3.63) is 160 Å². The van der Waals surface area contributed by atoms with Crippen LogP contribution in [-0.2, 0) is 11.1 Å². The van der Waals surface area contributed by atoms with E-state index in [4.69, 9.17) is 4.98 Å². The summed E-state index contributed by atoms with van der Waals surface area (Å²) < 4.78 is 3.12. The number of halogens is 1. The first kappa shape index (κ1) is 24.2. The van der Waals surface area contributed by atoms with Crippen LogP contribution in [0.5, 0.6) is 0 Å². The molecular formula is C32H29BrN2O. The molecule has 1 aromatic heterocycles. The first-order valence-corrected chi connectivity index (χ1v) is 13.0. The predicted octanol–water partition coefficient (Wildman–Crippen LogP) is 7.38. The number of imidazole rings is 1. The highest BCUT2D eigenvalue weighted by molar-refractivity contribution is 9.10. The van der Waals surface area contributed by atoms with Crippen molar-refractivity contribution < 1.29 is 5.11 Å². The van der Waals surface area contributed by atoms with Crippen LogP contribution < -0.4 is 0 Å². The van der Waals surface area contributed by atoms with E-state index in [1.54, 1.807) is 0 Å². The van der Waals surface area contributed by atoms with Gasteiger partial charge in [0, 0.05) is 10.7 Å². The van der Waals surface area contributed by atoms with Crippen molar-refractivity contribution in [1.82, 2.24) is 9.55 Å². The molecule has 3 nitrogen and oxygen atoms in total. The van der Waals surface area contributed by atoms with Crippen LogP contribution >= 0.6 is 15.9 Å². The van der Waals surface area contributed by atoms with Gasteiger partial charge in [-0.25, -0.2) is 4.98 Å². The highest BCUT2D eigenvalue weighted by Crippen LogP contribution is 2.43. The number of hydrogen-bond donors (Lipinski definition) is 1. The van der Waals surface area contributed by atoms with Gasteiger partial charge in [-0.2, -0.15) is 0 Å². The number of hydrogen-bond acceptors (Lipinski definition) is 2. The third-order valence-corrected chi connectivity index (χ3v) is 7.58. The smallest absolute Gasteiger partial charge is 0.135 e. The van der Waals surface area contributed by atoms with E-state index in [0.717, 1.165) is 26.7 Å². The van der Waals surface area contributed by atoms with Crippen LogP contribution in [0.1, 0.15) is 41.8 Å². The summed E-state index contributed by atoms with van der Waals surface area (Å²) in [4.78, 5) is 4.85. The fourth-order valence-electron chi connectivity index (χ4n) is 5.17. The van der Waals surface area contributed by atoms with Gasteiger partial charge in [0.2, 0.25) is 0 Å². The van der Waals surface area contributed by atoms with Crippen LogP contribution in [0.3, 0.4) is 0 Å². The van der Waals surface area contributed by atoms with Crippen LogP contribution in [0.2, 0.25) is 0 Å². The molecule has 1 heterocycles. The maximum Gasteiger partial charge on any atom is 0.135 e. The Balaban J connectivity index is 1.79. The van der Waals surface area contributed by atoms with Crippen molar-refractivity contribution in [2.45, 2.75) is 25.0 Å². The lowest BCUT2D eigenvalue weighted by atomic mass is 9.76. The van der Waals surface area contributed by atoms with Crippen LogP contribution in [0.4, 0.5) is 0 Å². The summed E-state index contributed by atoms with van der Waals surface area (Å²) in [5.74, 6) is -0.0957. The molecule has 0 bridgehead atoms. The molecule has 1 atom stereocenters. The van der Waals surface area contributed by atoms with Crippen molar-refractivity contribution >= 4 is 15.9 Å². The number of benzene rings is 4. The van der Waals surface area contributed by atoms with Crippen molar-refractivity contribution in [3.8, 4) is 0 Å². The predicted molar refractivity (Wildman–Crippen MR) is 149 cm³/mol. The minimum atomic E-state index is -1.25. The van der Waals surface area contributed by atoms with E-state index in [1.807, 2.05) is 68.8 Å². The molecule has 4 heteroatoms. The Morgan fingerprint density at radius 2 is 1.11 bits per heavy atom. The van der Waals surface area contributed by atoms with E-state index >= 15 is 0 Å². The van der Waals surface area contributed by atoms with Gasteiger partial charge < -0.3 is 9.67 Å². The lowest BCUT2D eigenvalue weighted by Gasteiger charge is -2.37. The van der Waals surface area contributed by atoms with Crippen LogP contribution in [-0.4, -0.2) is 14.7 Å². The fourth-order valence-corrected chi connectivity index (χ4v) is 5.43. The molecule has 36 heavy (non-hydrogen) atoms. The average Bonchev–Trinajstić information content (AvgIpc) is 3.42. The zero-order chi connectivity index (χ0) is 25.2. The molecule has 1 N–H and O–H groups in total. The Kier molecular flexibility index (Phi) is 6.65. The quantitative estimate of drug-likeness (QED) is 0.220. The molecule has 0 aliphatic carbocycles. The second-order valence-corrected chi connectivity index (χ2v) is 10.3. The summed E-state index contributed by atoms with van der Waals surface area (Å²) in [5.41, 5.74) is 2.85. The molecule has 5 rings (SSSR count). The standard InChI is InChI=1S/C32H29BrN2O/c1-24(2)32(36,28-18-20-29(33)21-19-28)30-22-35(23-34-30)31(25-12-6-3-7-13-25,26-14-8-4-9-15-26)27-16-10-5-11-17-27/h3-24,36H,1-2H3. The van der Waals surface area contributed by atoms with E-state index in [9.17, 15) is 5.11 Å². The zero-order valence-corrected chi connectivity index (χ0v) is 22.0. The van der Waals surface area contributed by atoms with Gasteiger partial charge in [-0.3, -0.25) is 0 Å². The summed E-state index contributed by atoms with van der Waals surface area (Å²) in [6.45, 7) is 4.06. The van der Waals surface area contributed by atoms with E-state index in [0.29, 0.717) is 5.69 Å². The van der Waals surface area contributed by atoms with Gasteiger partial charge in [0.05, 0.1) is 12.0 Å². The van der Waals surface area contributed by atoms with Gasteiger partial charge in [0.25, 0.3) is 0 Å². The van der Waals surface area contributed by atoms with Crippen molar-refractivity contribution in [2.75, 3.05) is 0 Å². The Bertz CT molecular complexity index is 1320. The molecule has 4 aromatic carbocycles. The molecule has 5 aromatic rings. The molecule has 0 saturated carbocycles. The number of rotatable bonds is 7. The lowest BCUT2D eigenvalue weighted by Crippen LogP contribution is -2.37. The molecule has 0 spiro atoms. The molecule has 0 aliphatic rings. The van der Waals surface area contributed by atoms with Gasteiger partial charge in [-0.15, -0.1) is 0 Å². The third kappa shape index (κ3) is 4.01. The van der Waals surface area contributed by atoms with Gasteiger partial charge in [0.1, 0.15) is 11.1 Å². The summed E-state index contributed by atoms with van der Waals surface area (Å²) >= 11 is 3.51. The molecule has 0 radical (unpaired) electrons. The average molecular weight is 538 g/mol. The normalized spacial score (nSPS) is 13.5. The van der Waals surface area contributed by atoms with E-state index < -0.39 is 11.1 Å². The largest absolute Gasteiger partial charge is 0.378 e. The summed E-state index contributed by atoms with van der Waals surface area (Å²) in [6.07, 6.45) is 3.86. The topological polar surface area (TPSA) is 38.0 Å². The minimum Gasteiger partial charge on any atom is -0.378 e. The maximum atomic E-state index is 12.1. The van der Waals surface area contributed by atoms with Gasteiger partial charge in [-0.1, -0.05) is 133 Å². The van der Waals surface area contributed by atoms with Crippen LogP contribution in [0.15, 0.2) is 132 Å². The highest BCUT2D eigenvalue weighted by Gasteiger charge is 2.42. The fraction of sp³-hybridized carbons (Fsp3) is 0.156. The number of aliphatic hydroxyl groups is 1. The lowest BCUT2D eigenvalue weighted by molar-refractivity contribution is 0.0278. The monoisotopic (exact) mass is 536 g/mol. The Hall–Kier alpha value is -3.47. The summed E-state index contributed by atoms with van der Waals surface area (Å²) in [5, 5.41) is 12.1. The zero-order valence-electron chi connectivity index (χ0n) is 20.4. The van der Waals surface area contributed by atoms with Gasteiger partial charge in [-0.05, 0) is 40.3 Å². The molecule has 180 valence electrons. The molecule has 0 aliphatic heterocycles. The number of aromatic nitrogens is 2. The molecule has 0 saturated heterocycles. The highest BCUT2D eigenvalue weighted by atomic mass is 79.9. The Labute approximate surface area is 221 Å². The van der Waals surface area contributed by atoms with Crippen LogP contribution in [0.25, 0.3) is 0 Å². The first-order valence-electron chi connectivity index (χ1n) is 12.2. The molecule has 1 unspecified atom stereocenters. The van der Waals surface area contributed by atoms with Crippen molar-refractivity contribution in [1.29, 1.82) is 0 Å². The van der Waals surface area contributed by atoms with Crippen molar-refractivity contribution in [3.63, 3.8) is 0 Å². The van der Waals surface area contributed by atoms with Crippen molar-refractivity contribution in [2.24, 2.45) is 5.92 Å². The van der Waals surface area contributed by atoms with Gasteiger partial charge >= 0.3 is 0 Å². The first-order chi connectivity index (χ1) is 17.5. The Morgan fingerprint density at radius 1 is 0.667 bits per heavy atom. The second kappa shape index (κ2) is 9.88. The van der Waals surface area contributed by atoms with Crippen LogP contribution in [0, 0.1) is 5.92 Å². The minimum absolute atomic E-state index is 0.0957. The Morgan fingerprint density at radius 3 is 1.53 bits per heavy atom. The van der Waals surface area contributed by atoms with E-state index in [2.05, 4.69) is 93.3 Å². The second-order valence-electron chi connectivity index (χ2n) is 9.40. The third-order valence-electron chi connectivity index (χ3n) is 7.05. The molecular weight excluding hydrogens is 508 g/mol. The maximum absolute atomic E-state index is 12.1. The summed E-state index contributed by atoms with van der Waals surface area (Å²) in [7, 11) is 0.